The van der Waals surface area contributed by atoms with Crippen LogP contribution in [0, 0.1) is 5.41 Å². The van der Waals surface area contributed by atoms with Crippen LogP contribution in [-0.2, 0) is 4.79 Å². The number of nitrogen functional groups attached to an aromatic ring is 1. The lowest BCUT2D eigenvalue weighted by molar-refractivity contribution is -0.122. The van der Waals surface area contributed by atoms with Crippen molar-refractivity contribution in [3.8, 4) is 11.5 Å². The number of amidine groups is 1. The number of nitrogens with two attached hydrogens (primary N) is 1. The molecule has 0 aliphatic rings. The topological polar surface area (TPSA) is 139 Å². The van der Waals surface area contributed by atoms with Gasteiger partial charge in [0.15, 0.2) is 11.5 Å². The molecule has 0 fully saturated rings. The van der Waals surface area contributed by atoms with Crippen LogP contribution in [0.2, 0.25) is 0 Å². The summed E-state index contributed by atoms with van der Waals surface area (Å²) in [6.07, 6.45) is -0.0515. The van der Waals surface area contributed by atoms with Gasteiger partial charge in [0.1, 0.15) is 11.9 Å². The average Bonchev–Trinajstić information content (AvgIpc) is 3.37. The van der Waals surface area contributed by atoms with Crippen LogP contribution in [0.15, 0.2) is 59.3 Å². The van der Waals surface area contributed by atoms with E-state index in [0.717, 1.165) is 0 Å². The van der Waals surface area contributed by atoms with Gasteiger partial charge < -0.3 is 20.5 Å². The summed E-state index contributed by atoms with van der Waals surface area (Å²) in [5, 5.41) is 14.2. The summed E-state index contributed by atoms with van der Waals surface area (Å²) in [6.45, 7) is 6.13. The maximum absolute atomic E-state index is 13.2. The van der Waals surface area contributed by atoms with Gasteiger partial charge in [-0.05, 0) is 74.2 Å². The minimum atomic E-state index is -0.881. The highest BCUT2D eigenvalue weighted by atomic mass is 32.1. The molecular formula is C25H29N5O4S. The van der Waals surface area contributed by atoms with Crippen LogP contribution in [0.5, 0.6) is 11.5 Å². The van der Waals surface area contributed by atoms with Gasteiger partial charge in [0.25, 0.3) is 11.8 Å². The highest BCUT2D eigenvalue weighted by Gasteiger charge is 2.23. The molecule has 1 unspecified atom stereocenters. The van der Waals surface area contributed by atoms with Crippen molar-refractivity contribution in [3.63, 3.8) is 0 Å². The number of rotatable bonds is 10. The van der Waals surface area contributed by atoms with Crippen molar-refractivity contribution in [2.75, 3.05) is 11.9 Å². The van der Waals surface area contributed by atoms with Crippen LogP contribution in [0.25, 0.3) is 0 Å². The summed E-state index contributed by atoms with van der Waals surface area (Å²) in [4.78, 5) is 25.5. The van der Waals surface area contributed by atoms with Crippen LogP contribution in [-0.4, -0.2) is 30.4 Å². The van der Waals surface area contributed by atoms with Gasteiger partial charge in [-0.1, -0.05) is 6.07 Å². The number of anilines is 1. The van der Waals surface area contributed by atoms with Crippen molar-refractivity contribution >= 4 is 34.7 Å². The summed E-state index contributed by atoms with van der Waals surface area (Å²) in [5.41, 5.74) is 12.7. The zero-order chi connectivity index (χ0) is 25.4. The molecule has 1 aromatic heterocycles. The van der Waals surface area contributed by atoms with E-state index in [1.165, 1.54) is 11.3 Å². The lowest BCUT2D eigenvalue weighted by atomic mass is 10.0. The predicted molar refractivity (Wildman–Crippen MR) is 137 cm³/mol. The molecule has 1 atom stereocenters. The highest BCUT2D eigenvalue weighted by Crippen LogP contribution is 2.32. The van der Waals surface area contributed by atoms with Crippen LogP contribution in [0.1, 0.15) is 48.3 Å². The van der Waals surface area contributed by atoms with Crippen LogP contribution in [0.4, 0.5) is 5.69 Å². The molecule has 2 aromatic carbocycles. The summed E-state index contributed by atoms with van der Waals surface area (Å²) in [5.74, 6) is 0.127. The molecule has 0 aliphatic heterocycles. The predicted octanol–water partition coefficient (Wildman–Crippen LogP) is 3.83. The number of ether oxygens (including phenoxy) is 2. The molecule has 0 bridgehead atoms. The molecule has 35 heavy (non-hydrogen) atoms. The second kappa shape index (κ2) is 11.9. The maximum atomic E-state index is 13.2. The second-order valence-corrected chi connectivity index (χ2v) is 8.61. The number of nitrogens with one attached hydrogen (secondary N) is 4. The Morgan fingerprint density at radius 1 is 1.03 bits per heavy atom. The summed E-state index contributed by atoms with van der Waals surface area (Å²) < 4.78 is 11.6. The molecule has 1 heterocycles. The Labute approximate surface area is 208 Å². The Hall–Kier alpha value is -4.05. The molecule has 0 saturated carbocycles. The minimum absolute atomic E-state index is 0.0515. The fourth-order valence-electron chi connectivity index (χ4n) is 3.19. The number of carbonyl (C=O) groups excluding carboxylic acids is 2. The van der Waals surface area contributed by atoms with Crippen molar-refractivity contribution in [2.24, 2.45) is 5.73 Å². The fourth-order valence-corrected chi connectivity index (χ4v) is 3.83. The summed E-state index contributed by atoms with van der Waals surface area (Å²) in [6, 6.07) is 12.9. The van der Waals surface area contributed by atoms with Gasteiger partial charge in [-0.2, -0.15) is 11.3 Å². The Balaban J connectivity index is 1.88. The monoisotopic (exact) mass is 495 g/mol. The molecule has 0 aliphatic carbocycles. The van der Waals surface area contributed by atoms with Gasteiger partial charge in [0.2, 0.25) is 0 Å². The molecule has 2 amide bonds. The van der Waals surface area contributed by atoms with Crippen LogP contribution in [0.3, 0.4) is 0 Å². The average molecular weight is 496 g/mol. The lowest BCUT2D eigenvalue weighted by Crippen LogP contribution is -2.45. The standard InChI is InChI=1S/C25H29N5O4S/c1-4-33-21-13-17(7-10-20(21)34-15(2)3)22(28-19-8-5-16(6-9-19)23(26)27)25(32)30-29-24(31)18-11-12-35-14-18/h5-15,22,28H,4H2,1-3H3,(H3,26,27)(H,29,31)(H,30,32). The lowest BCUT2D eigenvalue weighted by Gasteiger charge is -2.22. The summed E-state index contributed by atoms with van der Waals surface area (Å²) >= 11 is 1.39. The van der Waals surface area contributed by atoms with E-state index in [4.69, 9.17) is 20.6 Å². The maximum Gasteiger partial charge on any atom is 0.270 e. The van der Waals surface area contributed by atoms with E-state index in [1.54, 1.807) is 59.3 Å². The van der Waals surface area contributed by atoms with Gasteiger partial charge in [0, 0.05) is 16.6 Å². The highest BCUT2D eigenvalue weighted by molar-refractivity contribution is 7.08. The third-order valence-corrected chi connectivity index (χ3v) is 5.50. The zero-order valence-electron chi connectivity index (χ0n) is 19.8. The van der Waals surface area contributed by atoms with Crippen molar-refractivity contribution in [2.45, 2.75) is 32.9 Å². The van der Waals surface area contributed by atoms with E-state index >= 15 is 0 Å². The van der Waals surface area contributed by atoms with Gasteiger partial charge in [-0.3, -0.25) is 25.8 Å². The van der Waals surface area contributed by atoms with Crippen molar-refractivity contribution in [1.29, 1.82) is 5.41 Å². The van der Waals surface area contributed by atoms with Crippen LogP contribution < -0.4 is 31.4 Å². The van der Waals surface area contributed by atoms with Crippen molar-refractivity contribution < 1.29 is 19.1 Å². The molecule has 9 nitrogen and oxygen atoms in total. The minimum Gasteiger partial charge on any atom is -0.490 e. The zero-order valence-corrected chi connectivity index (χ0v) is 20.6. The fraction of sp³-hybridized carbons (Fsp3) is 0.240. The first-order valence-electron chi connectivity index (χ1n) is 11.0. The van der Waals surface area contributed by atoms with E-state index in [2.05, 4.69) is 16.2 Å². The number of hydrazine groups is 1. The SMILES string of the molecule is CCOc1cc(C(Nc2ccc(C(=N)N)cc2)C(=O)NNC(=O)c2ccsc2)ccc1OC(C)C. The molecule has 0 saturated heterocycles. The number of hydrogen-bond acceptors (Lipinski definition) is 7. The molecule has 6 N–H and O–H groups in total. The Kier molecular flexibility index (Phi) is 8.69. The van der Waals surface area contributed by atoms with Crippen LogP contribution >= 0.6 is 11.3 Å². The number of hydrogen-bond donors (Lipinski definition) is 5. The Morgan fingerprint density at radius 3 is 2.37 bits per heavy atom. The number of amides is 2. The molecule has 3 aromatic rings. The first-order chi connectivity index (χ1) is 16.8. The first-order valence-corrected chi connectivity index (χ1v) is 12.0. The number of carbonyl (C=O) groups is 2. The van der Waals surface area contributed by atoms with Crippen molar-refractivity contribution in [1.82, 2.24) is 10.9 Å². The second-order valence-electron chi connectivity index (χ2n) is 7.83. The van der Waals surface area contributed by atoms with E-state index < -0.39 is 17.9 Å². The Morgan fingerprint density at radius 2 is 1.77 bits per heavy atom. The quantitative estimate of drug-likeness (QED) is 0.165. The third kappa shape index (κ3) is 6.97. The van der Waals surface area contributed by atoms with Gasteiger partial charge >= 0.3 is 0 Å². The normalized spacial score (nSPS) is 11.4. The van der Waals surface area contributed by atoms with E-state index in [0.29, 0.717) is 40.5 Å². The van der Waals surface area contributed by atoms with Gasteiger partial charge in [-0.25, -0.2) is 0 Å². The molecule has 0 radical (unpaired) electrons. The van der Waals surface area contributed by atoms with Gasteiger partial charge in [-0.15, -0.1) is 0 Å². The first kappa shape index (κ1) is 25.6. The van der Waals surface area contributed by atoms with Crippen molar-refractivity contribution in [3.05, 3.63) is 76.0 Å². The summed E-state index contributed by atoms with van der Waals surface area (Å²) in [7, 11) is 0. The Bertz CT molecular complexity index is 1160. The van der Waals surface area contributed by atoms with E-state index in [9.17, 15) is 9.59 Å². The largest absolute Gasteiger partial charge is 0.490 e. The van der Waals surface area contributed by atoms with E-state index in [1.807, 2.05) is 20.8 Å². The molecule has 0 spiro atoms. The van der Waals surface area contributed by atoms with Gasteiger partial charge in [0.05, 0.1) is 18.3 Å². The number of thiophene rings is 1. The molecule has 10 heteroatoms. The molecule has 184 valence electrons. The molecular weight excluding hydrogens is 466 g/mol. The van der Waals surface area contributed by atoms with E-state index in [-0.39, 0.29) is 11.9 Å². The third-order valence-electron chi connectivity index (χ3n) is 4.82. The smallest absolute Gasteiger partial charge is 0.270 e. The number of benzene rings is 2. The molecule has 3 rings (SSSR count).